The average molecular weight is 492 g/mol. The summed E-state index contributed by atoms with van der Waals surface area (Å²) in [6.45, 7) is 1.55. The molecule has 0 aromatic heterocycles. The molecule has 3 fully saturated rings. The quantitative estimate of drug-likeness (QED) is 0.270. The highest BCUT2D eigenvalue weighted by molar-refractivity contribution is 6.31. The van der Waals surface area contributed by atoms with E-state index in [9.17, 15) is 24.5 Å². The minimum Gasteiger partial charge on any atom is -0.289 e. The molecule has 1 saturated heterocycles. The molecule has 8 nitrogen and oxygen atoms in total. The molecule has 35 heavy (non-hydrogen) atoms. The van der Waals surface area contributed by atoms with E-state index in [1.807, 2.05) is 6.92 Å². The van der Waals surface area contributed by atoms with Crippen molar-refractivity contribution in [2.24, 2.45) is 35.5 Å². The first-order chi connectivity index (χ1) is 16.8. The van der Waals surface area contributed by atoms with Crippen LogP contribution in [0.4, 0.5) is 11.4 Å². The van der Waals surface area contributed by atoms with Crippen molar-refractivity contribution in [3.8, 4) is 0 Å². The Morgan fingerprint density at radius 3 is 2.34 bits per heavy atom. The van der Waals surface area contributed by atoms with E-state index in [1.165, 1.54) is 34.1 Å². The highest BCUT2D eigenvalue weighted by atomic mass is 35.5. The Hall–Kier alpha value is -3.52. The van der Waals surface area contributed by atoms with Crippen molar-refractivity contribution in [1.29, 1.82) is 0 Å². The standard InChI is InChI=1S/C26H22ClN3O5/c1-13-5-6-15(10-21(13)27)28(24(31)14-3-2-4-16(9-14)30(34)35)12-29-25(32)22-17-7-8-18(20-11-19(17)20)23(22)26(29)33/h2-10,17-20,22-23H,11-12H2,1H3. The highest BCUT2D eigenvalue weighted by Gasteiger charge is 2.67. The van der Waals surface area contributed by atoms with Crippen molar-refractivity contribution < 1.29 is 19.3 Å². The number of nitro groups is 1. The normalized spacial score (nSPS) is 29.7. The van der Waals surface area contributed by atoms with Crippen LogP contribution >= 0.6 is 11.6 Å². The molecule has 1 heterocycles. The molecular weight excluding hydrogens is 470 g/mol. The number of imide groups is 1. The first-order valence-electron chi connectivity index (χ1n) is 11.6. The van der Waals surface area contributed by atoms with E-state index in [1.54, 1.807) is 18.2 Å². The number of non-ortho nitro benzene ring substituents is 1. The van der Waals surface area contributed by atoms with E-state index < -0.39 is 10.8 Å². The Bertz CT molecular complexity index is 1300. The molecule has 0 radical (unpaired) electrons. The number of hydrogen-bond donors (Lipinski definition) is 0. The van der Waals surface area contributed by atoms with Crippen LogP contribution < -0.4 is 4.90 Å². The van der Waals surface area contributed by atoms with E-state index in [-0.39, 0.29) is 53.4 Å². The van der Waals surface area contributed by atoms with Gasteiger partial charge in [0.15, 0.2) is 0 Å². The predicted molar refractivity (Wildman–Crippen MR) is 128 cm³/mol. The fourth-order valence-electron chi connectivity index (χ4n) is 6.22. The zero-order valence-corrected chi connectivity index (χ0v) is 19.6. The van der Waals surface area contributed by atoms with Crippen LogP contribution in [0.25, 0.3) is 0 Å². The summed E-state index contributed by atoms with van der Waals surface area (Å²) in [7, 11) is 0. The van der Waals surface area contributed by atoms with Crippen LogP contribution in [-0.4, -0.2) is 34.2 Å². The number of carbonyl (C=O) groups excluding carboxylic acids is 3. The minimum absolute atomic E-state index is 0.0752. The van der Waals surface area contributed by atoms with E-state index in [0.29, 0.717) is 22.5 Å². The van der Waals surface area contributed by atoms with E-state index in [0.717, 1.165) is 12.0 Å². The summed E-state index contributed by atoms with van der Waals surface area (Å²) in [5.41, 5.74) is 1.06. The zero-order valence-electron chi connectivity index (χ0n) is 18.8. The van der Waals surface area contributed by atoms with Gasteiger partial charge in [-0.05, 0) is 60.8 Å². The molecule has 7 rings (SSSR count). The number of anilines is 1. The number of nitro benzene ring substituents is 1. The Morgan fingerprint density at radius 1 is 1.09 bits per heavy atom. The zero-order chi connectivity index (χ0) is 24.6. The number of aryl methyl sites for hydroxylation is 1. The maximum atomic E-state index is 13.6. The molecule has 4 aliphatic carbocycles. The van der Waals surface area contributed by atoms with Gasteiger partial charge in [-0.3, -0.25) is 34.3 Å². The number of hydrogen-bond acceptors (Lipinski definition) is 5. The van der Waals surface area contributed by atoms with E-state index >= 15 is 0 Å². The number of amides is 3. The average Bonchev–Trinajstić information content (AvgIpc) is 3.64. The van der Waals surface area contributed by atoms with E-state index in [2.05, 4.69) is 12.2 Å². The predicted octanol–water partition coefficient (Wildman–Crippen LogP) is 4.21. The lowest BCUT2D eigenvalue weighted by Gasteiger charge is -2.37. The van der Waals surface area contributed by atoms with Crippen LogP contribution in [0.1, 0.15) is 22.3 Å². The fraction of sp³-hybridized carbons (Fsp3) is 0.346. The summed E-state index contributed by atoms with van der Waals surface area (Å²) >= 11 is 6.33. The summed E-state index contributed by atoms with van der Waals surface area (Å²) in [4.78, 5) is 53.8. The summed E-state index contributed by atoms with van der Waals surface area (Å²) < 4.78 is 0. The largest absolute Gasteiger partial charge is 0.289 e. The second kappa shape index (κ2) is 7.75. The number of benzene rings is 2. The number of carbonyl (C=O) groups is 3. The van der Waals surface area contributed by atoms with Crippen molar-refractivity contribution >= 4 is 40.7 Å². The number of nitrogens with zero attached hydrogens (tertiary/aromatic N) is 3. The number of likely N-dealkylation sites (tertiary alicyclic amines) is 1. The fourth-order valence-corrected chi connectivity index (χ4v) is 6.40. The van der Waals surface area contributed by atoms with Gasteiger partial charge in [0.25, 0.3) is 11.6 Å². The molecule has 2 bridgehead atoms. The van der Waals surface area contributed by atoms with Crippen LogP contribution in [0.5, 0.6) is 0 Å². The molecule has 5 aliphatic rings. The third kappa shape index (κ3) is 3.31. The van der Waals surface area contributed by atoms with Crippen molar-refractivity contribution in [3.63, 3.8) is 0 Å². The van der Waals surface area contributed by atoms with Crippen LogP contribution in [0.15, 0.2) is 54.6 Å². The summed E-state index contributed by atoms with van der Waals surface area (Å²) in [6, 6.07) is 10.4. The lowest BCUT2D eigenvalue weighted by molar-refractivity contribution is -0.384. The lowest BCUT2D eigenvalue weighted by atomic mass is 9.63. The van der Waals surface area contributed by atoms with Gasteiger partial charge in [-0.2, -0.15) is 0 Å². The van der Waals surface area contributed by atoms with Crippen molar-refractivity contribution in [1.82, 2.24) is 4.90 Å². The molecule has 0 N–H and O–H groups in total. The Morgan fingerprint density at radius 2 is 1.74 bits per heavy atom. The molecular formula is C26H22ClN3O5. The van der Waals surface area contributed by atoms with Gasteiger partial charge in [-0.1, -0.05) is 35.9 Å². The van der Waals surface area contributed by atoms with E-state index in [4.69, 9.17) is 11.6 Å². The van der Waals surface area contributed by atoms with Gasteiger partial charge >= 0.3 is 0 Å². The molecule has 2 aromatic carbocycles. The smallest absolute Gasteiger partial charge is 0.270 e. The van der Waals surface area contributed by atoms with Crippen LogP contribution in [-0.2, 0) is 9.59 Å². The second-order valence-electron chi connectivity index (χ2n) is 9.87. The van der Waals surface area contributed by atoms with Gasteiger partial charge in [0.1, 0.15) is 6.67 Å². The maximum absolute atomic E-state index is 13.6. The number of rotatable bonds is 5. The monoisotopic (exact) mass is 491 g/mol. The topological polar surface area (TPSA) is 101 Å². The SMILES string of the molecule is Cc1ccc(N(CN2C(=O)C3C4C=CC(C5CC45)C3C2=O)C(=O)c2cccc([N+](=O)[O-])c2)cc1Cl. The van der Waals surface area contributed by atoms with Crippen LogP contribution in [0, 0.1) is 52.5 Å². The molecule has 2 saturated carbocycles. The van der Waals surface area contributed by atoms with Gasteiger partial charge in [0, 0.05) is 28.4 Å². The second-order valence-corrected chi connectivity index (χ2v) is 10.3. The molecule has 1 aliphatic heterocycles. The van der Waals surface area contributed by atoms with Gasteiger partial charge < -0.3 is 0 Å². The molecule has 0 spiro atoms. The number of halogens is 1. The molecule has 3 amide bonds. The summed E-state index contributed by atoms with van der Waals surface area (Å²) in [6.07, 6.45) is 5.26. The number of allylic oxidation sites excluding steroid dienone is 2. The maximum Gasteiger partial charge on any atom is 0.270 e. The summed E-state index contributed by atoms with van der Waals surface area (Å²) in [5.74, 6) is -0.719. The first kappa shape index (κ1) is 22.0. The van der Waals surface area contributed by atoms with Gasteiger partial charge in [0.2, 0.25) is 11.8 Å². The van der Waals surface area contributed by atoms with Gasteiger partial charge in [-0.15, -0.1) is 0 Å². The summed E-state index contributed by atoms with van der Waals surface area (Å²) in [5, 5.41) is 11.7. The van der Waals surface area contributed by atoms with Gasteiger partial charge in [-0.25, -0.2) is 0 Å². The van der Waals surface area contributed by atoms with Crippen molar-refractivity contribution in [3.05, 3.63) is 80.9 Å². The minimum atomic E-state index is -0.573. The Labute approximate surface area is 206 Å². The van der Waals surface area contributed by atoms with Gasteiger partial charge in [0.05, 0.1) is 16.8 Å². The Kier molecular flexibility index (Phi) is 4.86. The molecule has 178 valence electrons. The highest BCUT2D eigenvalue weighted by Crippen LogP contribution is 2.65. The van der Waals surface area contributed by atoms with Crippen LogP contribution in [0.2, 0.25) is 5.02 Å². The lowest BCUT2D eigenvalue weighted by Crippen LogP contribution is -2.45. The van der Waals surface area contributed by atoms with Crippen LogP contribution in [0.3, 0.4) is 0 Å². The third-order valence-corrected chi connectivity index (χ3v) is 8.46. The van der Waals surface area contributed by atoms with Crippen molar-refractivity contribution in [2.75, 3.05) is 11.6 Å². The molecule has 9 heteroatoms. The molecule has 6 unspecified atom stereocenters. The first-order valence-corrected chi connectivity index (χ1v) is 12.0. The van der Waals surface area contributed by atoms with Crippen molar-refractivity contribution in [2.45, 2.75) is 13.3 Å². The third-order valence-electron chi connectivity index (χ3n) is 8.05. The Balaban J connectivity index is 1.36. The molecule has 2 aromatic rings. The molecule has 6 atom stereocenters.